The molecule has 0 aromatic heterocycles. The molecular formula is C20H30N2O2. The molecule has 2 N–H and O–H groups in total. The summed E-state index contributed by atoms with van der Waals surface area (Å²) in [6.07, 6.45) is 2.94. The third-order valence-corrected chi connectivity index (χ3v) is 5.63. The molecule has 3 rings (SSSR count). The third-order valence-electron chi connectivity index (χ3n) is 5.63. The minimum atomic E-state index is 0.127. The molecule has 4 heteroatoms. The number of nitrogens with one attached hydrogen (secondary N) is 2. The van der Waals surface area contributed by atoms with Gasteiger partial charge in [-0.2, -0.15) is 0 Å². The van der Waals surface area contributed by atoms with Gasteiger partial charge in [-0.3, -0.25) is 4.79 Å². The number of carbonyl (C=O) groups excluding carboxylic acids is 1. The van der Waals surface area contributed by atoms with Crippen molar-refractivity contribution in [2.45, 2.75) is 58.2 Å². The van der Waals surface area contributed by atoms with Crippen LogP contribution in [0.5, 0.6) is 0 Å². The Kier molecular flexibility index (Phi) is 5.26. The number of amides is 1. The fourth-order valence-corrected chi connectivity index (χ4v) is 4.37. The van der Waals surface area contributed by atoms with Crippen LogP contribution in [0.1, 0.15) is 39.2 Å². The zero-order valence-electron chi connectivity index (χ0n) is 15.0. The Hall–Kier alpha value is -1.39. The Bertz CT molecular complexity index is 558. The molecule has 0 bridgehead atoms. The molecule has 0 spiro atoms. The third kappa shape index (κ3) is 3.65. The molecule has 1 heterocycles. The monoisotopic (exact) mass is 330 g/mol. The molecular weight excluding hydrogens is 300 g/mol. The largest absolute Gasteiger partial charge is 0.377 e. The highest BCUT2D eigenvalue weighted by Crippen LogP contribution is 2.52. The van der Waals surface area contributed by atoms with E-state index < -0.39 is 0 Å². The molecule has 1 amide bonds. The van der Waals surface area contributed by atoms with Gasteiger partial charge < -0.3 is 15.4 Å². The van der Waals surface area contributed by atoms with E-state index in [4.69, 9.17) is 4.74 Å². The molecule has 1 aromatic carbocycles. The van der Waals surface area contributed by atoms with Gasteiger partial charge in [0.15, 0.2) is 0 Å². The van der Waals surface area contributed by atoms with E-state index in [2.05, 4.69) is 43.5 Å². The molecule has 1 saturated carbocycles. The summed E-state index contributed by atoms with van der Waals surface area (Å²) in [5.41, 5.74) is 1.42. The first-order valence-corrected chi connectivity index (χ1v) is 9.17. The number of hydrogen-bond acceptors (Lipinski definition) is 3. The molecule has 4 atom stereocenters. The maximum absolute atomic E-state index is 12.1. The average Bonchev–Trinajstić information content (AvgIpc) is 3.01. The smallest absolute Gasteiger partial charge is 0.221 e. The van der Waals surface area contributed by atoms with E-state index in [0.717, 1.165) is 19.4 Å². The number of rotatable bonds is 7. The van der Waals surface area contributed by atoms with Crippen LogP contribution in [0.2, 0.25) is 0 Å². The van der Waals surface area contributed by atoms with E-state index in [1.165, 1.54) is 5.56 Å². The van der Waals surface area contributed by atoms with Crippen LogP contribution >= 0.6 is 0 Å². The lowest BCUT2D eigenvalue weighted by Crippen LogP contribution is -2.67. The predicted octanol–water partition coefficient (Wildman–Crippen LogP) is 2.53. The van der Waals surface area contributed by atoms with Gasteiger partial charge in [-0.15, -0.1) is 0 Å². The number of carbonyl (C=O) groups is 1. The van der Waals surface area contributed by atoms with Crippen LogP contribution < -0.4 is 10.6 Å². The van der Waals surface area contributed by atoms with Gasteiger partial charge >= 0.3 is 0 Å². The second-order valence-corrected chi connectivity index (χ2v) is 7.90. The Morgan fingerprint density at radius 3 is 2.83 bits per heavy atom. The zero-order chi connectivity index (χ0) is 17.2. The van der Waals surface area contributed by atoms with Crippen molar-refractivity contribution in [1.29, 1.82) is 0 Å². The van der Waals surface area contributed by atoms with Crippen LogP contribution in [0.25, 0.3) is 0 Å². The van der Waals surface area contributed by atoms with Gasteiger partial charge in [-0.05, 0) is 25.3 Å². The van der Waals surface area contributed by atoms with E-state index in [0.29, 0.717) is 31.0 Å². The van der Waals surface area contributed by atoms with Gasteiger partial charge in [0.2, 0.25) is 5.91 Å². The van der Waals surface area contributed by atoms with Crippen molar-refractivity contribution >= 4 is 5.91 Å². The summed E-state index contributed by atoms with van der Waals surface area (Å²) in [5.74, 6) is 0.742. The van der Waals surface area contributed by atoms with Crippen LogP contribution in [-0.2, 0) is 16.0 Å². The maximum Gasteiger partial charge on any atom is 0.221 e. The lowest BCUT2D eigenvalue weighted by molar-refractivity contribution is -0.124. The normalized spacial score (nSPS) is 28.7. The van der Waals surface area contributed by atoms with Crippen LogP contribution in [0.4, 0.5) is 0 Å². The summed E-state index contributed by atoms with van der Waals surface area (Å²) >= 11 is 0. The van der Waals surface area contributed by atoms with Crippen molar-refractivity contribution < 1.29 is 9.53 Å². The molecule has 1 aromatic rings. The van der Waals surface area contributed by atoms with E-state index in [1.54, 1.807) is 0 Å². The number of fused-ring (bicyclic) bond motifs is 1. The van der Waals surface area contributed by atoms with Crippen molar-refractivity contribution in [2.75, 3.05) is 13.2 Å². The lowest BCUT2D eigenvalue weighted by Gasteiger charge is -2.55. The molecule has 2 fully saturated rings. The van der Waals surface area contributed by atoms with Crippen LogP contribution in [0, 0.1) is 11.3 Å². The predicted molar refractivity (Wildman–Crippen MR) is 95.8 cm³/mol. The average molecular weight is 330 g/mol. The highest BCUT2D eigenvalue weighted by Gasteiger charge is 2.59. The van der Waals surface area contributed by atoms with E-state index in [1.807, 2.05) is 18.2 Å². The summed E-state index contributed by atoms with van der Waals surface area (Å²) in [6.45, 7) is 8.22. The fourth-order valence-electron chi connectivity index (χ4n) is 4.37. The van der Waals surface area contributed by atoms with Crippen molar-refractivity contribution in [3.63, 3.8) is 0 Å². The molecule has 1 aliphatic heterocycles. The zero-order valence-corrected chi connectivity index (χ0v) is 15.0. The molecule has 0 radical (unpaired) electrons. The Morgan fingerprint density at radius 2 is 2.08 bits per heavy atom. The first-order valence-electron chi connectivity index (χ1n) is 9.17. The second-order valence-electron chi connectivity index (χ2n) is 7.90. The summed E-state index contributed by atoms with van der Waals surface area (Å²) in [5, 5.41) is 6.71. The molecule has 2 aliphatic rings. The fraction of sp³-hybridized carbons (Fsp3) is 0.650. The lowest BCUT2D eigenvalue weighted by atomic mass is 9.57. The van der Waals surface area contributed by atoms with Gasteiger partial charge in [-0.25, -0.2) is 0 Å². The van der Waals surface area contributed by atoms with Crippen molar-refractivity contribution in [2.24, 2.45) is 11.3 Å². The summed E-state index contributed by atoms with van der Waals surface area (Å²) in [6, 6.07) is 10.9. The minimum Gasteiger partial charge on any atom is -0.377 e. The first kappa shape index (κ1) is 17.4. The molecule has 4 nitrogen and oxygen atoms in total. The van der Waals surface area contributed by atoms with Gasteiger partial charge in [0, 0.05) is 43.0 Å². The Labute approximate surface area is 145 Å². The van der Waals surface area contributed by atoms with E-state index >= 15 is 0 Å². The standard InChI is InChI=1S/C20H30N2O2/c1-14(22-18-16-10-12-24-19(16)20(18,2)3)13-17(23)21-11-9-15-7-5-4-6-8-15/h4-8,14,16,18-19,22H,9-13H2,1-3H3,(H,21,23)/t14-,16-,18-,19+/m1/s1. The van der Waals surface area contributed by atoms with Gasteiger partial charge in [0.1, 0.15) is 0 Å². The van der Waals surface area contributed by atoms with E-state index in [9.17, 15) is 4.79 Å². The van der Waals surface area contributed by atoms with Gasteiger partial charge in [-0.1, -0.05) is 44.2 Å². The number of hydrogen-bond donors (Lipinski definition) is 2. The van der Waals surface area contributed by atoms with Crippen molar-refractivity contribution in [3.05, 3.63) is 35.9 Å². The quantitative estimate of drug-likeness (QED) is 0.808. The molecule has 1 aliphatic carbocycles. The molecule has 0 unspecified atom stereocenters. The number of ether oxygens (including phenoxy) is 1. The minimum absolute atomic E-state index is 0.127. The molecule has 1 saturated heterocycles. The Morgan fingerprint density at radius 1 is 1.33 bits per heavy atom. The second kappa shape index (κ2) is 7.24. The van der Waals surface area contributed by atoms with Crippen LogP contribution in [0.3, 0.4) is 0 Å². The highest BCUT2D eigenvalue weighted by molar-refractivity contribution is 5.76. The first-order chi connectivity index (χ1) is 11.5. The SMILES string of the molecule is C[C@H](CC(=O)NCCc1ccccc1)N[C@@H]1[C@H]2CCO[C@@H]2C1(C)C. The van der Waals surface area contributed by atoms with Gasteiger partial charge in [0.25, 0.3) is 0 Å². The molecule has 132 valence electrons. The van der Waals surface area contributed by atoms with Gasteiger partial charge in [0.05, 0.1) is 6.10 Å². The highest BCUT2D eigenvalue weighted by atomic mass is 16.5. The topological polar surface area (TPSA) is 50.4 Å². The Balaban J connectivity index is 1.38. The maximum atomic E-state index is 12.1. The number of benzene rings is 1. The summed E-state index contributed by atoms with van der Waals surface area (Å²) in [7, 11) is 0. The van der Waals surface area contributed by atoms with Crippen LogP contribution in [-0.4, -0.2) is 37.2 Å². The van der Waals surface area contributed by atoms with Crippen molar-refractivity contribution in [1.82, 2.24) is 10.6 Å². The molecule has 24 heavy (non-hydrogen) atoms. The van der Waals surface area contributed by atoms with Crippen molar-refractivity contribution in [3.8, 4) is 0 Å². The summed E-state index contributed by atoms with van der Waals surface area (Å²) in [4.78, 5) is 12.1. The summed E-state index contributed by atoms with van der Waals surface area (Å²) < 4.78 is 5.84. The van der Waals surface area contributed by atoms with Crippen LogP contribution in [0.15, 0.2) is 30.3 Å². The van der Waals surface area contributed by atoms with E-state index in [-0.39, 0.29) is 17.4 Å².